The Labute approximate surface area is 127 Å². The largest absolute Gasteiger partial charge is 0.387 e. The van der Waals surface area contributed by atoms with Crippen molar-refractivity contribution in [1.29, 1.82) is 0 Å². The minimum Gasteiger partial charge on any atom is -0.387 e. The van der Waals surface area contributed by atoms with Crippen LogP contribution in [0, 0.1) is 11.6 Å². The van der Waals surface area contributed by atoms with Crippen LogP contribution in [0.2, 0.25) is 0 Å². The topological polar surface area (TPSA) is 23.5 Å². The maximum Gasteiger partial charge on any atom is 0.159 e. The molecule has 0 aliphatic carbocycles. The van der Waals surface area contributed by atoms with Crippen molar-refractivity contribution in [2.45, 2.75) is 25.5 Å². The molecule has 0 radical (unpaired) electrons. The third-order valence-electron chi connectivity index (χ3n) is 3.62. The lowest BCUT2D eigenvalue weighted by atomic mass is 10.1. The van der Waals surface area contributed by atoms with Gasteiger partial charge in [0.05, 0.1) is 6.10 Å². The van der Waals surface area contributed by atoms with Gasteiger partial charge in [-0.05, 0) is 49.5 Å². The Morgan fingerprint density at radius 1 is 1.24 bits per heavy atom. The summed E-state index contributed by atoms with van der Waals surface area (Å²) >= 11 is 1.71. The monoisotopic (exact) mass is 311 g/mol. The summed E-state index contributed by atoms with van der Waals surface area (Å²) < 4.78 is 26.1. The molecular formula is C16H19F2NOS. The van der Waals surface area contributed by atoms with E-state index >= 15 is 0 Å². The minimum absolute atomic E-state index is 0.253. The number of halogens is 2. The minimum atomic E-state index is -0.930. The van der Waals surface area contributed by atoms with Crippen LogP contribution < -0.4 is 0 Å². The molecule has 0 aliphatic rings. The highest BCUT2D eigenvalue weighted by Crippen LogP contribution is 2.19. The van der Waals surface area contributed by atoms with E-state index in [1.165, 1.54) is 10.9 Å². The predicted octanol–water partition coefficient (Wildman–Crippen LogP) is 3.62. The maximum atomic E-state index is 13.2. The third kappa shape index (κ3) is 4.33. The lowest BCUT2D eigenvalue weighted by Crippen LogP contribution is -2.34. The average Bonchev–Trinajstić information content (AvgIpc) is 2.94. The van der Waals surface area contributed by atoms with Crippen molar-refractivity contribution in [2.75, 3.05) is 13.6 Å². The molecule has 0 fully saturated rings. The zero-order chi connectivity index (χ0) is 15.4. The van der Waals surface area contributed by atoms with Gasteiger partial charge in [-0.2, -0.15) is 0 Å². The number of aliphatic hydroxyl groups is 1. The zero-order valence-electron chi connectivity index (χ0n) is 12.1. The smallest absolute Gasteiger partial charge is 0.159 e. The van der Waals surface area contributed by atoms with Gasteiger partial charge in [0.1, 0.15) is 0 Å². The van der Waals surface area contributed by atoms with Gasteiger partial charge < -0.3 is 10.0 Å². The molecule has 0 bridgehead atoms. The fourth-order valence-corrected chi connectivity index (χ4v) is 2.98. The van der Waals surface area contributed by atoms with Gasteiger partial charge in [0.15, 0.2) is 11.6 Å². The third-order valence-corrected chi connectivity index (χ3v) is 4.52. The van der Waals surface area contributed by atoms with Crippen molar-refractivity contribution < 1.29 is 13.9 Å². The fourth-order valence-electron chi connectivity index (χ4n) is 2.15. The molecule has 114 valence electrons. The summed E-state index contributed by atoms with van der Waals surface area (Å²) in [5.41, 5.74) is 0.393. The number of hydrogen-bond acceptors (Lipinski definition) is 3. The molecule has 5 heteroatoms. The van der Waals surface area contributed by atoms with Crippen LogP contribution in [-0.4, -0.2) is 29.6 Å². The Morgan fingerprint density at radius 2 is 2.00 bits per heavy atom. The van der Waals surface area contributed by atoms with Gasteiger partial charge in [-0.15, -0.1) is 11.3 Å². The molecule has 2 atom stereocenters. The molecular weight excluding hydrogens is 292 g/mol. The Morgan fingerprint density at radius 3 is 2.62 bits per heavy atom. The lowest BCUT2D eigenvalue weighted by Gasteiger charge is -2.27. The van der Waals surface area contributed by atoms with E-state index in [0.29, 0.717) is 12.1 Å². The number of nitrogens with zero attached hydrogens (tertiary/aromatic N) is 1. The van der Waals surface area contributed by atoms with E-state index in [4.69, 9.17) is 0 Å². The van der Waals surface area contributed by atoms with E-state index in [1.807, 2.05) is 23.4 Å². The van der Waals surface area contributed by atoms with Crippen molar-refractivity contribution in [3.63, 3.8) is 0 Å². The molecule has 1 aromatic carbocycles. The van der Waals surface area contributed by atoms with Gasteiger partial charge in [-0.1, -0.05) is 12.1 Å². The van der Waals surface area contributed by atoms with Crippen LogP contribution in [-0.2, 0) is 6.42 Å². The molecule has 0 amide bonds. The fraction of sp³-hybridized carbons (Fsp3) is 0.375. The number of thiophene rings is 1. The lowest BCUT2D eigenvalue weighted by molar-refractivity contribution is 0.108. The van der Waals surface area contributed by atoms with Crippen molar-refractivity contribution in [3.05, 3.63) is 57.8 Å². The second-order valence-corrected chi connectivity index (χ2v) is 6.29. The first-order valence-electron chi connectivity index (χ1n) is 6.83. The molecule has 0 aliphatic heterocycles. The number of aliphatic hydroxyl groups excluding tert-OH is 1. The SMILES string of the molecule is CC(Cc1cccs1)N(C)CC(O)c1ccc(F)c(F)c1. The Kier molecular flexibility index (Phi) is 5.45. The summed E-state index contributed by atoms with van der Waals surface area (Å²) in [6, 6.07) is 7.87. The number of hydrogen-bond donors (Lipinski definition) is 1. The van der Waals surface area contributed by atoms with Crippen molar-refractivity contribution >= 4 is 11.3 Å². The summed E-state index contributed by atoms with van der Waals surface area (Å²) in [4.78, 5) is 3.31. The molecule has 0 spiro atoms. The van der Waals surface area contributed by atoms with Crippen molar-refractivity contribution in [1.82, 2.24) is 4.90 Å². The second kappa shape index (κ2) is 7.11. The van der Waals surface area contributed by atoms with E-state index in [2.05, 4.69) is 13.0 Å². The quantitative estimate of drug-likeness (QED) is 0.881. The Balaban J connectivity index is 1.94. The normalized spacial score (nSPS) is 14.4. The molecule has 1 N–H and O–H groups in total. The molecule has 2 rings (SSSR count). The zero-order valence-corrected chi connectivity index (χ0v) is 12.9. The van der Waals surface area contributed by atoms with Gasteiger partial charge in [0.25, 0.3) is 0 Å². The predicted molar refractivity (Wildman–Crippen MR) is 81.4 cm³/mol. The maximum absolute atomic E-state index is 13.2. The van der Waals surface area contributed by atoms with E-state index in [-0.39, 0.29) is 6.04 Å². The summed E-state index contributed by atoms with van der Waals surface area (Å²) in [7, 11) is 1.92. The van der Waals surface area contributed by atoms with E-state index in [1.54, 1.807) is 11.3 Å². The average molecular weight is 311 g/mol. The van der Waals surface area contributed by atoms with Crippen LogP contribution in [0.25, 0.3) is 0 Å². The van der Waals surface area contributed by atoms with Crippen LogP contribution in [0.15, 0.2) is 35.7 Å². The first-order valence-corrected chi connectivity index (χ1v) is 7.71. The van der Waals surface area contributed by atoms with E-state index < -0.39 is 17.7 Å². The summed E-state index contributed by atoms with van der Waals surface area (Å²) in [6.07, 6.45) is 0.0643. The second-order valence-electron chi connectivity index (χ2n) is 5.26. The first kappa shape index (κ1) is 16.1. The van der Waals surface area contributed by atoms with Crippen LogP contribution in [0.5, 0.6) is 0 Å². The Bertz CT molecular complexity index is 574. The van der Waals surface area contributed by atoms with E-state index in [9.17, 15) is 13.9 Å². The molecule has 1 aromatic heterocycles. The highest BCUT2D eigenvalue weighted by Gasteiger charge is 2.17. The molecule has 2 nitrogen and oxygen atoms in total. The molecule has 0 saturated heterocycles. The number of rotatable bonds is 6. The number of benzene rings is 1. The van der Waals surface area contributed by atoms with Crippen molar-refractivity contribution in [2.24, 2.45) is 0 Å². The van der Waals surface area contributed by atoms with Crippen LogP contribution in [0.3, 0.4) is 0 Å². The summed E-state index contributed by atoms with van der Waals surface area (Å²) in [5.74, 6) is -1.83. The van der Waals surface area contributed by atoms with Gasteiger partial charge in [0.2, 0.25) is 0 Å². The van der Waals surface area contributed by atoms with Crippen molar-refractivity contribution in [3.8, 4) is 0 Å². The van der Waals surface area contributed by atoms with Gasteiger partial charge in [-0.3, -0.25) is 0 Å². The highest BCUT2D eigenvalue weighted by atomic mass is 32.1. The molecule has 2 unspecified atom stereocenters. The first-order chi connectivity index (χ1) is 9.97. The van der Waals surface area contributed by atoms with Gasteiger partial charge >= 0.3 is 0 Å². The van der Waals surface area contributed by atoms with Crippen LogP contribution in [0.1, 0.15) is 23.5 Å². The highest BCUT2D eigenvalue weighted by molar-refractivity contribution is 7.09. The number of likely N-dealkylation sites (N-methyl/N-ethyl adjacent to an activating group) is 1. The molecule has 21 heavy (non-hydrogen) atoms. The van der Waals surface area contributed by atoms with Crippen LogP contribution in [0.4, 0.5) is 8.78 Å². The van der Waals surface area contributed by atoms with Gasteiger partial charge in [-0.25, -0.2) is 8.78 Å². The summed E-state index contributed by atoms with van der Waals surface area (Å²) in [5, 5.41) is 12.2. The van der Waals surface area contributed by atoms with Crippen LogP contribution >= 0.6 is 11.3 Å². The van der Waals surface area contributed by atoms with E-state index in [0.717, 1.165) is 18.6 Å². The molecule has 0 saturated carbocycles. The summed E-state index contributed by atoms with van der Waals surface area (Å²) in [6.45, 7) is 2.45. The van der Waals surface area contributed by atoms with Gasteiger partial charge in [0, 0.05) is 17.5 Å². The Hall–Kier alpha value is -1.30. The molecule has 1 heterocycles. The standard InChI is InChI=1S/C16H19F2NOS/c1-11(8-13-4-3-7-21-13)19(2)10-16(20)12-5-6-14(17)15(18)9-12/h3-7,9,11,16,20H,8,10H2,1-2H3. The molecule has 2 aromatic rings.